The van der Waals surface area contributed by atoms with Crippen LogP contribution < -0.4 is 0 Å². The molecule has 1 atom stereocenters. The first-order valence-corrected chi connectivity index (χ1v) is 5.36. The summed E-state index contributed by atoms with van der Waals surface area (Å²) in [7, 11) is 0. The third-order valence-electron chi connectivity index (χ3n) is 2.77. The number of hydrogen-bond donors (Lipinski definition) is 1. The highest BCUT2D eigenvalue weighted by Gasteiger charge is 2.26. The van der Waals surface area contributed by atoms with E-state index in [1.54, 1.807) is 6.92 Å². The number of carbonyl (C=O) groups is 1. The molecular formula is C13H18O2. The molecule has 0 radical (unpaired) electrons. The number of hydrogen-bond acceptors (Lipinski definition) is 2. The molecule has 82 valence electrons. The Morgan fingerprint density at radius 3 is 2.47 bits per heavy atom. The predicted octanol–water partition coefficient (Wildman–Crippen LogP) is 2.35. The van der Waals surface area contributed by atoms with Gasteiger partial charge in [0.05, 0.1) is 0 Å². The van der Waals surface area contributed by atoms with Crippen LogP contribution in [0.3, 0.4) is 0 Å². The Balaban J connectivity index is 2.48. The average Bonchev–Trinajstić information content (AvgIpc) is 2.27. The maximum atomic E-state index is 11.6. The van der Waals surface area contributed by atoms with Crippen LogP contribution in [0, 0.1) is 0 Å². The molecule has 1 aromatic carbocycles. The molecule has 2 nitrogen and oxygen atoms in total. The van der Waals surface area contributed by atoms with Gasteiger partial charge in [0.1, 0.15) is 5.60 Å². The van der Waals surface area contributed by atoms with Gasteiger partial charge in [-0.15, -0.1) is 0 Å². The fourth-order valence-corrected chi connectivity index (χ4v) is 1.37. The maximum Gasteiger partial charge on any atom is 0.164 e. The van der Waals surface area contributed by atoms with Crippen LogP contribution in [-0.2, 0) is 11.2 Å². The molecule has 0 saturated heterocycles. The molecule has 0 amide bonds. The Kier molecular flexibility index (Phi) is 4.04. The van der Waals surface area contributed by atoms with Gasteiger partial charge in [0.15, 0.2) is 5.78 Å². The molecule has 1 N–H and O–H groups in total. The molecule has 0 heterocycles. The monoisotopic (exact) mass is 206 g/mol. The molecule has 0 bridgehead atoms. The number of carbonyl (C=O) groups excluding carboxylic acids is 1. The highest BCUT2D eigenvalue weighted by Crippen LogP contribution is 2.14. The van der Waals surface area contributed by atoms with Crippen molar-refractivity contribution in [2.75, 3.05) is 0 Å². The topological polar surface area (TPSA) is 37.3 Å². The molecule has 1 unspecified atom stereocenters. The largest absolute Gasteiger partial charge is 0.382 e. The summed E-state index contributed by atoms with van der Waals surface area (Å²) < 4.78 is 0. The molecule has 0 spiro atoms. The van der Waals surface area contributed by atoms with Crippen molar-refractivity contribution in [1.29, 1.82) is 0 Å². The zero-order chi connectivity index (χ0) is 11.3. The lowest BCUT2D eigenvalue weighted by molar-refractivity contribution is -0.135. The second-order valence-electron chi connectivity index (χ2n) is 4.04. The number of aliphatic hydroxyl groups is 1. The van der Waals surface area contributed by atoms with E-state index in [9.17, 15) is 9.90 Å². The van der Waals surface area contributed by atoms with E-state index in [-0.39, 0.29) is 5.78 Å². The molecule has 0 fully saturated rings. The van der Waals surface area contributed by atoms with Crippen molar-refractivity contribution in [3.05, 3.63) is 35.9 Å². The summed E-state index contributed by atoms with van der Waals surface area (Å²) in [6, 6.07) is 9.85. The fraction of sp³-hybridized carbons (Fsp3) is 0.462. The van der Waals surface area contributed by atoms with Crippen molar-refractivity contribution in [2.45, 2.75) is 38.7 Å². The fourth-order valence-electron chi connectivity index (χ4n) is 1.37. The first-order chi connectivity index (χ1) is 7.06. The second kappa shape index (κ2) is 5.08. The third kappa shape index (κ3) is 3.48. The summed E-state index contributed by atoms with van der Waals surface area (Å²) in [6.45, 7) is 3.40. The Morgan fingerprint density at radius 2 is 1.93 bits per heavy atom. The van der Waals surface area contributed by atoms with Crippen LogP contribution in [0.4, 0.5) is 0 Å². The van der Waals surface area contributed by atoms with Gasteiger partial charge in [-0.1, -0.05) is 37.3 Å². The third-order valence-corrected chi connectivity index (χ3v) is 2.77. The van der Waals surface area contributed by atoms with Crippen molar-refractivity contribution in [2.24, 2.45) is 0 Å². The van der Waals surface area contributed by atoms with E-state index < -0.39 is 5.60 Å². The Morgan fingerprint density at radius 1 is 1.33 bits per heavy atom. The zero-order valence-electron chi connectivity index (χ0n) is 9.36. The standard InChI is InChI=1S/C13H18O2/c1-3-13(2,15)12(14)10-9-11-7-5-4-6-8-11/h4-8,15H,3,9-10H2,1-2H3. The van der Waals surface area contributed by atoms with Gasteiger partial charge in [-0.25, -0.2) is 0 Å². The van der Waals surface area contributed by atoms with Crippen LogP contribution in [0.25, 0.3) is 0 Å². The van der Waals surface area contributed by atoms with Crippen LogP contribution in [-0.4, -0.2) is 16.5 Å². The van der Waals surface area contributed by atoms with E-state index in [0.717, 1.165) is 5.56 Å². The molecule has 0 saturated carbocycles. The summed E-state index contributed by atoms with van der Waals surface area (Å²) >= 11 is 0. The van der Waals surface area contributed by atoms with Crippen molar-refractivity contribution in [3.8, 4) is 0 Å². The van der Waals surface area contributed by atoms with Gasteiger partial charge in [-0.2, -0.15) is 0 Å². The van der Waals surface area contributed by atoms with Crippen molar-refractivity contribution < 1.29 is 9.90 Å². The van der Waals surface area contributed by atoms with E-state index in [1.807, 2.05) is 37.3 Å². The number of aryl methyl sites for hydroxylation is 1. The number of benzene rings is 1. The number of rotatable bonds is 5. The molecule has 0 aliphatic heterocycles. The van der Waals surface area contributed by atoms with Gasteiger partial charge in [0.25, 0.3) is 0 Å². The highest BCUT2D eigenvalue weighted by molar-refractivity contribution is 5.86. The lowest BCUT2D eigenvalue weighted by atomic mass is 9.93. The van der Waals surface area contributed by atoms with E-state index in [0.29, 0.717) is 19.3 Å². The van der Waals surface area contributed by atoms with Gasteiger partial charge in [0.2, 0.25) is 0 Å². The van der Waals surface area contributed by atoms with Crippen LogP contribution in [0.2, 0.25) is 0 Å². The molecule has 2 heteroatoms. The highest BCUT2D eigenvalue weighted by atomic mass is 16.3. The van der Waals surface area contributed by atoms with Crippen LogP contribution in [0.15, 0.2) is 30.3 Å². The summed E-state index contributed by atoms with van der Waals surface area (Å²) in [4.78, 5) is 11.6. The van der Waals surface area contributed by atoms with Gasteiger partial charge in [0, 0.05) is 6.42 Å². The normalized spacial score (nSPS) is 14.6. The SMILES string of the molecule is CCC(C)(O)C(=O)CCc1ccccc1. The summed E-state index contributed by atoms with van der Waals surface area (Å²) in [5, 5.41) is 9.72. The molecule has 0 aliphatic carbocycles. The lowest BCUT2D eigenvalue weighted by Crippen LogP contribution is -2.34. The van der Waals surface area contributed by atoms with E-state index in [2.05, 4.69) is 0 Å². The van der Waals surface area contributed by atoms with Crippen LogP contribution >= 0.6 is 0 Å². The van der Waals surface area contributed by atoms with Crippen molar-refractivity contribution in [1.82, 2.24) is 0 Å². The summed E-state index contributed by atoms with van der Waals surface area (Å²) in [6.07, 6.45) is 1.58. The smallest absolute Gasteiger partial charge is 0.164 e. The number of Topliss-reactive ketones (excluding diaryl/α,β-unsaturated/α-hetero) is 1. The van der Waals surface area contributed by atoms with Crippen molar-refractivity contribution >= 4 is 5.78 Å². The molecular weight excluding hydrogens is 188 g/mol. The van der Waals surface area contributed by atoms with Crippen molar-refractivity contribution in [3.63, 3.8) is 0 Å². The summed E-state index contributed by atoms with van der Waals surface area (Å²) in [5.41, 5.74) is -0.0211. The first kappa shape index (κ1) is 11.9. The molecule has 0 aliphatic rings. The number of ketones is 1. The van der Waals surface area contributed by atoms with Gasteiger partial charge in [-0.05, 0) is 25.3 Å². The van der Waals surface area contributed by atoms with Gasteiger partial charge < -0.3 is 5.11 Å². The first-order valence-electron chi connectivity index (χ1n) is 5.36. The van der Waals surface area contributed by atoms with E-state index in [1.165, 1.54) is 0 Å². The lowest BCUT2D eigenvalue weighted by Gasteiger charge is -2.19. The van der Waals surface area contributed by atoms with E-state index in [4.69, 9.17) is 0 Å². The molecule has 1 rings (SSSR count). The Bertz CT molecular complexity index is 315. The molecule has 1 aromatic rings. The second-order valence-corrected chi connectivity index (χ2v) is 4.04. The van der Waals surface area contributed by atoms with E-state index >= 15 is 0 Å². The average molecular weight is 206 g/mol. The quantitative estimate of drug-likeness (QED) is 0.803. The zero-order valence-corrected chi connectivity index (χ0v) is 9.36. The Hall–Kier alpha value is -1.15. The Labute approximate surface area is 90.9 Å². The molecule has 15 heavy (non-hydrogen) atoms. The predicted molar refractivity (Wildman–Crippen MR) is 60.7 cm³/mol. The van der Waals surface area contributed by atoms with Crippen LogP contribution in [0.1, 0.15) is 32.3 Å². The van der Waals surface area contributed by atoms with Gasteiger partial charge in [-0.3, -0.25) is 4.79 Å². The summed E-state index contributed by atoms with van der Waals surface area (Å²) in [5.74, 6) is -0.0751. The van der Waals surface area contributed by atoms with Crippen LogP contribution in [0.5, 0.6) is 0 Å². The minimum absolute atomic E-state index is 0.0751. The molecule has 0 aromatic heterocycles. The van der Waals surface area contributed by atoms with Gasteiger partial charge >= 0.3 is 0 Å². The maximum absolute atomic E-state index is 11.6. The minimum Gasteiger partial charge on any atom is -0.382 e. The minimum atomic E-state index is -1.16.